The van der Waals surface area contributed by atoms with E-state index in [9.17, 15) is 0 Å². The Labute approximate surface area is 114 Å². The minimum Gasteiger partial charge on any atom is -0.492 e. The van der Waals surface area contributed by atoms with Gasteiger partial charge in [-0.1, -0.05) is 22.0 Å². The van der Waals surface area contributed by atoms with Crippen molar-refractivity contribution in [1.29, 1.82) is 0 Å². The van der Waals surface area contributed by atoms with Crippen LogP contribution in [0.1, 0.15) is 5.82 Å². The molecule has 0 radical (unpaired) electrons. The molecule has 0 spiro atoms. The lowest BCUT2D eigenvalue weighted by atomic mass is 10.3. The number of aromatic nitrogens is 3. The highest BCUT2D eigenvalue weighted by atomic mass is 79.9. The summed E-state index contributed by atoms with van der Waals surface area (Å²) in [5, 5.41) is 11.1. The zero-order valence-electron chi connectivity index (χ0n) is 10.1. The minimum atomic E-state index is 0.619. The Morgan fingerprint density at radius 1 is 1.44 bits per heavy atom. The summed E-state index contributed by atoms with van der Waals surface area (Å²) < 4.78 is 8.51. The predicted octanol–water partition coefficient (Wildman–Crippen LogP) is 1.75. The van der Waals surface area contributed by atoms with E-state index in [2.05, 4.69) is 31.4 Å². The van der Waals surface area contributed by atoms with Crippen LogP contribution in [0, 0.1) is 0 Å². The number of ether oxygens (including phenoxy) is 1. The number of rotatable bonds is 6. The Kier molecular flexibility index (Phi) is 4.72. The van der Waals surface area contributed by atoms with E-state index in [4.69, 9.17) is 4.74 Å². The molecule has 0 aliphatic rings. The van der Waals surface area contributed by atoms with Crippen LogP contribution in [0.5, 0.6) is 5.75 Å². The predicted molar refractivity (Wildman–Crippen MR) is 72.3 cm³/mol. The van der Waals surface area contributed by atoms with Crippen LogP contribution >= 0.6 is 15.9 Å². The first-order chi connectivity index (χ1) is 8.75. The van der Waals surface area contributed by atoms with E-state index in [0.717, 1.165) is 22.6 Å². The largest absolute Gasteiger partial charge is 0.492 e. The summed E-state index contributed by atoms with van der Waals surface area (Å²) in [5.74, 6) is 1.78. The van der Waals surface area contributed by atoms with Crippen molar-refractivity contribution in [2.24, 2.45) is 7.05 Å². The summed E-state index contributed by atoms with van der Waals surface area (Å²) in [6.07, 6.45) is 1.69. The smallest absolute Gasteiger partial charge is 0.146 e. The maximum atomic E-state index is 5.60. The van der Waals surface area contributed by atoms with E-state index in [-0.39, 0.29) is 0 Å². The molecular formula is C12H15BrN4O. The van der Waals surface area contributed by atoms with E-state index in [1.54, 1.807) is 6.33 Å². The summed E-state index contributed by atoms with van der Waals surface area (Å²) in [7, 11) is 1.93. The van der Waals surface area contributed by atoms with Gasteiger partial charge in [0, 0.05) is 18.1 Å². The second kappa shape index (κ2) is 6.51. The Morgan fingerprint density at radius 3 is 3.06 bits per heavy atom. The van der Waals surface area contributed by atoms with Gasteiger partial charge in [-0.05, 0) is 18.2 Å². The van der Waals surface area contributed by atoms with Crippen LogP contribution in [-0.4, -0.2) is 27.9 Å². The molecule has 0 unspecified atom stereocenters. The number of benzene rings is 1. The average Bonchev–Trinajstić information content (AvgIpc) is 2.75. The molecule has 1 N–H and O–H groups in total. The molecule has 0 amide bonds. The van der Waals surface area contributed by atoms with Gasteiger partial charge in [-0.25, -0.2) is 0 Å². The molecule has 0 aliphatic heterocycles. The lowest BCUT2D eigenvalue weighted by molar-refractivity contribution is 0.312. The Balaban J connectivity index is 1.66. The molecule has 18 heavy (non-hydrogen) atoms. The Bertz CT molecular complexity index is 500. The average molecular weight is 311 g/mol. The van der Waals surface area contributed by atoms with Crippen molar-refractivity contribution in [2.45, 2.75) is 6.54 Å². The molecule has 6 heteroatoms. The molecule has 2 rings (SSSR count). The molecule has 1 aromatic carbocycles. The fourth-order valence-corrected chi connectivity index (χ4v) is 1.84. The van der Waals surface area contributed by atoms with Crippen LogP contribution in [0.3, 0.4) is 0 Å². The van der Waals surface area contributed by atoms with Gasteiger partial charge in [-0.3, -0.25) is 0 Å². The molecule has 5 nitrogen and oxygen atoms in total. The summed E-state index contributed by atoms with van der Waals surface area (Å²) >= 11 is 3.41. The number of halogens is 1. The topological polar surface area (TPSA) is 52.0 Å². The molecule has 2 aromatic rings. The highest BCUT2D eigenvalue weighted by Gasteiger charge is 1.99. The Morgan fingerprint density at radius 2 is 2.33 bits per heavy atom. The first-order valence-electron chi connectivity index (χ1n) is 5.67. The molecule has 0 saturated carbocycles. The number of nitrogens with zero attached hydrogens (tertiary/aromatic N) is 3. The summed E-state index contributed by atoms with van der Waals surface area (Å²) in [6, 6.07) is 7.81. The normalized spacial score (nSPS) is 10.6. The summed E-state index contributed by atoms with van der Waals surface area (Å²) in [5.41, 5.74) is 0. The van der Waals surface area contributed by atoms with Gasteiger partial charge in [-0.15, -0.1) is 10.2 Å². The molecular weight excluding hydrogens is 296 g/mol. The zero-order valence-corrected chi connectivity index (χ0v) is 11.7. The Hall–Kier alpha value is -1.40. The third-order valence-electron chi connectivity index (χ3n) is 2.43. The maximum Gasteiger partial charge on any atom is 0.146 e. The summed E-state index contributed by atoms with van der Waals surface area (Å²) in [6.45, 7) is 2.08. The van der Waals surface area contributed by atoms with Gasteiger partial charge in [0.05, 0.1) is 6.54 Å². The quantitative estimate of drug-likeness (QED) is 0.826. The van der Waals surface area contributed by atoms with Crippen molar-refractivity contribution in [2.75, 3.05) is 13.2 Å². The maximum absolute atomic E-state index is 5.60. The van der Waals surface area contributed by atoms with E-state index >= 15 is 0 Å². The van der Waals surface area contributed by atoms with Crippen molar-refractivity contribution in [3.63, 3.8) is 0 Å². The number of hydrogen-bond donors (Lipinski definition) is 1. The molecule has 1 heterocycles. The van der Waals surface area contributed by atoms with E-state index in [1.807, 2.05) is 35.9 Å². The third-order valence-corrected chi connectivity index (χ3v) is 2.93. The standard InChI is InChI=1S/C12H15BrN4O/c1-17-9-15-16-12(17)8-14-5-6-18-11-4-2-3-10(13)7-11/h2-4,7,9,14H,5-6,8H2,1H3. The minimum absolute atomic E-state index is 0.619. The number of hydrogen-bond acceptors (Lipinski definition) is 4. The first-order valence-corrected chi connectivity index (χ1v) is 6.47. The van der Waals surface area contributed by atoms with Crippen LogP contribution in [0.2, 0.25) is 0 Å². The van der Waals surface area contributed by atoms with Crippen LogP contribution in [0.25, 0.3) is 0 Å². The van der Waals surface area contributed by atoms with Crippen molar-refractivity contribution in [3.8, 4) is 5.75 Å². The van der Waals surface area contributed by atoms with Crippen LogP contribution in [-0.2, 0) is 13.6 Å². The van der Waals surface area contributed by atoms with Crippen LogP contribution in [0.15, 0.2) is 35.1 Å². The number of nitrogens with one attached hydrogen (secondary N) is 1. The monoisotopic (exact) mass is 310 g/mol. The van der Waals surface area contributed by atoms with Gasteiger partial charge in [0.25, 0.3) is 0 Å². The van der Waals surface area contributed by atoms with Crippen LogP contribution in [0.4, 0.5) is 0 Å². The lowest BCUT2D eigenvalue weighted by Crippen LogP contribution is -2.22. The van der Waals surface area contributed by atoms with Crippen LogP contribution < -0.4 is 10.1 Å². The SMILES string of the molecule is Cn1cnnc1CNCCOc1cccc(Br)c1. The summed E-state index contributed by atoms with van der Waals surface area (Å²) in [4.78, 5) is 0. The molecule has 0 fully saturated rings. The van der Waals surface area contributed by atoms with E-state index in [0.29, 0.717) is 13.2 Å². The molecule has 0 aliphatic carbocycles. The first kappa shape index (κ1) is 13.0. The van der Waals surface area contributed by atoms with Gasteiger partial charge < -0.3 is 14.6 Å². The van der Waals surface area contributed by atoms with Gasteiger partial charge in [0.1, 0.15) is 24.5 Å². The van der Waals surface area contributed by atoms with Gasteiger partial charge in [0.2, 0.25) is 0 Å². The highest BCUT2D eigenvalue weighted by molar-refractivity contribution is 9.10. The molecule has 0 saturated heterocycles. The fraction of sp³-hybridized carbons (Fsp3) is 0.333. The van der Waals surface area contributed by atoms with Gasteiger partial charge in [-0.2, -0.15) is 0 Å². The van der Waals surface area contributed by atoms with Crippen molar-refractivity contribution in [3.05, 3.63) is 40.9 Å². The third kappa shape index (κ3) is 3.82. The molecule has 1 aromatic heterocycles. The van der Waals surface area contributed by atoms with E-state index < -0.39 is 0 Å². The molecule has 0 atom stereocenters. The molecule has 96 valence electrons. The second-order valence-electron chi connectivity index (χ2n) is 3.84. The van der Waals surface area contributed by atoms with Crippen molar-refractivity contribution >= 4 is 15.9 Å². The van der Waals surface area contributed by atoms with Crippen molar-refractivity contribution < 1.29 is 4.74 Å². The van der Waals surface area contributed by atoms with Gasteiger partial charge >= 0.3 is 0 Å². The highest BCUT2D eigenvalue weighted by Crippen LogP contribution is 2.17. The van der Waals surface area contributed by atoms with Crippen molar-refractivity contribution in [1.82, 2.24) is 20.1 Å². The van der Waals surface area contributed by atoms with E-state index in [1.165, 1.54) is 0 Å². The number of aryl methyl sites for hydroxylation is 1. The second-order valence-corrected chi connectivity index (χ2v) is 4.76. The van der Waals surface area contributed by atoms with Gasteiger partial charge in [0.15, 0.2) is 0 Å². The zero-order chi connectivity index (χ0) is 12.8. The fourth-order valence-electron chi connectivity index (χ4n) is 1.47. The molecule has 0 bridgehead atoms. The lowest BCUT2D eigenvalue weighted by Gasteiger charge is -2.07.